The summed E-state index contributed by atoms with van der Waals surface area (Å²) < 4.78 is 26.4. The number of amides is 1. The number of sulfonamides is 1. The van der Waals surface area contributed by atoms with E-state index in [9.17, 15) is 13.2 Å². The molecule has 0 unspecified atom stereocenters. The lowest BCUT2D eigenvalue weighted by atomic mass is 10.3. The van der Waals surface area contributed by atoms with E-state index in [0.29, 0.717) is 23.7 Å². The van der Waals surface area contributed by atoms with Crippen LogP contribution in [0.5, 0.6) is 0 Å². The van der Waals surface area contributed by atoms with Crippen molar-refractivity contribution >= 4 is 27.7 Å². The first-order valence-electron chi connectivity index (χ1n) is 7.96. The molecule has 0 aromatic heterocycles. The zero-order valence-corrected chi connectivity index (χ0v) is 15.3. The highest BCUT2D eigenvalue weighted by Gasteiger charge is 2.26. The van der Waals surface area contributed by atoms with Gasteiger partial charge in [0.25, 0.3) is 0 Å². The molecule has 1 aliphatic rings. The molecule has 1 N–H and O–H groups in total. The summed E-state index contributed by atoms with van der Waals surface area (Å²) in [6.45, 7) is 5.21. The van der Waals surface area contributed by atoms with Gasteiger partial charge in [-0.25, -0.2) is 8.42 Å². The van der Waals surface area contributed by atoms with Gasteiger partial charge in [0, 0.05) is 24.0 Å². The summed E-state index contributed by atoms with van der Waals surface area (Å²) in [6, 6.07) is 6.97. The van der Waals surface area contributed by atoms with Gasteiger partial charge < -0.3 is 5.32 Å². The molecule has 1 aromatic carbocycles. The van der Waals surface area contributed by atoms with Crippen LogP contribution in [0, 0.1) is 0 Å². The monoisotopic (exact) mass is 356 g/mol. The molecule has 0 aliphatic carbocycles. The van der Waals surface area contributed by atoms with Gasteiger partial charge in [0.2, 0.25) is 15.9 Å². The fraction of sp³-hybridized carbons (Fsp3) is 0.562. The Kier molecular flexibility index (Phi) is 6.50. The largest absolute Gasteiger partial charge is 0.353 e. The predicted octanol–water partition coefficient (Wildman–Crippen LogP) is 2.48. The zero-order chi connectivity index (χ0) is 16.9. The van der Waals surface area contributed by atoms with Crippen molar-refractivity contribution < 1.29 is 13.2 Å². The van der Waals surface area contributed by atoms with E-state index in [2.05, 4.69) is 5.32 Å². The second-order valence-electron chi connectivity index (χ2n) is 5.75. The number of hydrogen-bond acceptors (Lipinski definition) is 4. The molecular weight excluding hydrogens is 332 g/mol. The zero-order valence-electron chi connectivity index (χ0n) is 13.6. The molecule has 1 saturated heterocycles. The van der Waals surface area contributed by atoms with Crippen molar-refractivity contribution in [3.8, 4) is 0 Å². The lowest BCUT2D eigenvalue weighted by molar-refractivity contribution is -0.119. The van der Waals surface area contributed by atoms with Crippen LogP contribution in [0.3, 0.4) is 0 Å². The van der Waals surface area contributed by atoms with E-state index in [0.717, 1.165) is 24.2 Å². The van der Waals surface area contributed by atoms with E-state index in [-0.39, 0.29) is 11.9 Å². The number of hydrogen-bond donors (Lipinski definition) is 1. The average Bonchev–Trinajstić information content (AvgIpc) is 3.08. The molecule has 0 radical (unpaired) electrons. The highest BCUT2D eigenvalue weighted by atomic mass is 32.2. The van der Waals surface area contributed by atoms with Crippen molar-refractivity contribution in [2.75, 3.05) is 18.8 Å². The van der Waals surface area contributed by atoms with Crippen LogP contribution in [0.2, 0.25) is 0 Å². The van der Waals surface area contributed by atoms with Gasteiger partial charge in [0.1, 0.15) is 0 Å². The molecule has 0 spiro atoms. The summed E-state index contributed by atoms with van der Waals surface area (Å²) in [4.78, 5) is 13.0. The van der Waals surface area contributed by atoms with Gasteiger partial charge in [-0.05, 0) is 50.5 Å². The topological polar surface area (TPSA) is 66.5 Å². The quantitative estimate of drug-likeness (QED) is 0.762. The first-order chi connectivity index (χ1) is 10.9. The number of rotatable bonds is 7. The molecule has 0 saturated carbocycles. The van der Waals surface area contributed by atoms with Crippen LogP contribution < -0.4 is 5.32 Å². The molecule has 7 heteroatoms. The maximum atomic E-state index is 12.4. The number of benzene rings is 1. The summed E-state index contributed by atoms with van der Waals surface area (Å²) in [5.41, 5.74) is 0. The molecule has 1 atom stereocenters. The van der Waals surface area contributed by atoms with Crippen LogP contribution in [-0.2, 0) is 14.8 Å². The van der Waals surface area contributed by atoms with E-state index in [1.807, 2.05) is 13.8 Å². The minimum Gasteiger partial charge on any atom is -0.353 e. The van der Waals surface area contributed by atoms with Crippen LogP contribution in [-0.4, -0.2) is 43.5 Å². The van der Waals surface area contributed by atoms with E-state index in [4.69, 9.17) is 0 Å². The summed E-state index contributed by atoms with van der Waals surface area (Å²) >= 11 is 1.41. The van der Waals surface area contributed by atoms with Crippen molar-refractivity contribution in [2.24, 2.45) is 0 Å². The molecule has 1 amide bonds. The van der Waals surface area contributed by atoms with Gasteiger partial charge >= 0.3 is 0 Å². The third-order valence-corrected chi connectivity index (χ3v) is 6.84. The molecule has 1 fully saturated rings. The number of nitrogens with one attached hydrogen (secondary N) is 1. The number of carbonyl (C=O) groups is 1. The lowest BCUT2D eigenvalue weighted by Crippen LogP contribution is -2.33. The smallest absolute Gasteiger partial charge is 0.243 e. The van der Waals surface area contributed by atoms with Gasteiger partial charge in [0.05, 0.1) is 10.6 Å². The summed E-state index contributed by atoms with van der Waals surface area (Å²) in [7, 11) is -3.36. The Hall–Kier alpha value is -1.05. The molecule has 0 bridgehead atoms. The van der Waals surface area contributed by atoms with Crippen molar-refractivity contribution in [2.45, 2.75) is 48.9 Å². The number of thioether (sulfide) groups is 1. The Labute approximate surface area is 142 Å². The fourth-order valence-electron chi connectivity index (χ4n) is 2.35. The second kappa shape index (κ2) is 8.17. The highest BCUT2D eigenvalue weighted by molar-refractivity contribution is 8.00. The predicted molar refractivity (Wildman–Crippen MR) is 93.1 cm³/mol. The van der Waals surface area contributed by atoms with E-state index in [1.54, 1.807) is 24.3 Å². The van der Waals surface area contributed by atoms with E-state index in [1.165, 1.54) is 16.1 Å². The van der Waals surface area contributed by atoms with Crippen LogP contribution in [0.15, 0.2) is 34.1 Å². The molecule has 1 aliphatic heterocycles. The third kappa shape index (κ3) is 4.96. The lowest BCUT2D eigenvalue weighted by Gasteiger charge is -2.15. The first-order valence-corrected chi connectivity index (χ1v) is 10.4. The minimum absolute atomic E-state index is 0.00175. The van der Waals surface area contributed by atoms with Gasteiger partial charge in [-0.15, -0.1) is 11.8 Å². The Bertz CT molecular complexity index is 623. The minimum atomic E-state index is -3.36. The molecule has 23 heavy (non-hydrogen) atoms. The van der Waals surface area contributed by atoms with Gasteiger partial charge in [-0.2, -0.15) is 4.31 Å². The standard InChI is InChI=1S/C16H24N2O3S2/c1-3-13(2)17-16(19)12-22-14-6-8-15(9-7-14)23(20,21)18-10-4-5-11-18/h6-9,13H,3-5,10-12H2,1-2H3,(H,17,19)/t13-/m0/s1. The molecular formula is C16H24N2O3S2. The molecule has 2 rings (SSSR count). The van der Waals surface area contributed by atoms with E-state index >= 15 is 0 Å². The highest BCUT2D eigenvalue weighted by Crippen LogP contribution is 2.24. The van der Waals surface area contributed by atoms with Crippen LogP contribution >= 0.6 is 11.8 Å². The van der Waals surface area contributed by atoms with Crippen LogP contribution in [0.1, 0.15) is 33.1 Å². The molecule has 128 valence electrons. The fourth-order valence-corrected chi connectivity index (χ4v) is 4.58. The van der Waals surface area contributed by atoms with Crippen molar-refractivity contribution in [1.82, 2.24) is 9.62 Å². The SMILES string of the molecule is CC[C@H](C)NC(=O)CSc1ccc(S(=O)(=O)N2CCCC2)cc1. The molecule has 1 heterocycles. The second-order valence-corrected chi connectivity index (χ2v) is 8.73. The Morgan fingerprint density at radius 2 is 1.87 bits per heavy atom. The average molecular weight is 357 g/mol. The molecule has 1 aromatic rings. The van der Waals surface area contributed by atoms with Crippen LogP contribution in [0.4, 0.5) is 0 Å². The van der Waals surface area contributed by atoms with Gasteiger partial charge in [0.15, 0.2) is 0 Å². The first kappa shape index (κ1) is 18.3. The Morgan fingerprint density at radius 3 is 2.43 bits per heavy atom. The maximum Gasteiger partial charge on any atom is 0.243 e. The third-order valence-electron chi connectivity index (χ3n) is 3.92. The maximum absolute atomic E-state index is 12.4. The van der Waals surface area contributed by atoms with Crippen LogP contribution in [0.25, 0.3) is 0 Å². The van der Waals surface area contributed by atoms with E-state index < -0.39 is 10.0 Å². The Balaban J connectivity index is 1.93. The van der Waals surface area contributed by atoms with Crippen molar-refractivity contribution in [1.29, 1.82) is 0 Å². The van der Waals surface area contributed by atoms with Gasteiger partial charge in [-0.3, -0.25) is 4.79 Å². The summed E-state index contributed by atoms with van der Waals surface area (Å²) in [5, 5.41) is 2.91. The molecule has 5 nitrogen and oxygen atoms in total. The normalized spacial score (nSPS) is 17.1. The van der Waals surface area contributed by atoms with Crippen molar-refractivity contribution in [3.63, 3.8) is 0 Å². The Morgan fingerprint density at radius 1 is 1.26 bits per heavy atom. The number of carbonyl (C=O) groups excluding carboxylic acids is 1. The number of nitrogens with zero attached hydrogens (tertiary/aromatic N) is 1. The summed E-state index contributed by atoms with van der Waals surface area (Å²) in [5.74, 6) is 0.334. The van der Waals surface area contributed by atoms with Gasteiger partial charge in [-0.1, -0.05) is 6.92 Å². The van der Waals surface area contributed by atoms with Crippen molar-refractivity contribution in [3.05, 3.63) is 24.3 Å². The summed E-state index contributed by atoms with van der Waals surface area (Å²) in [6.07, 6.45) is 2.76.